The summed E-state index contributed by atoms with van der Waals surface area (Å²) in [5.41, 5.74) is 1.34. The van der Waals surface area contributed by atoms with E-state index in [1.807, 2.05) is 12.4 Å². The van der Waals surface area contributed by atoms with E-state index in [1.165, 1.54) is 5.56 Å². The molecule has 0 bridgehead atoms. The first-order chi connectivity index (χ1) is 5.95. The smallest absolute Gasteiger partial charge is 0.0484 e. The monoisotopic (exact) mass is 163 g/mol. The summed E-state index contributed by atoms with van der Waals surface area (Å²) in [7, 11) is 0. The van der Waals surface area contributed by atoms with Gasteiger partial charge >= 0.3 is 0 Å². The molecule has 0 spiro atoms. The van der Waals surface area contributed by atoms with Crippen molar-refractivity contribution in [3.05, 3.63) is 30.1 Å². The third-order valence-electron chi connectivity index (χ3n) is 2.10. The summed E-state index contributed by atoms with van der Waals surface area (Å²) in [6, 6.07) is 4.14. The summed E-state index contributed by atoms with van der Waals surface area (Å²) < 4.78 is 0. The maximum Gasteiger partial charge on any atom is 0.0484 e. The van der Waals surface area contributed by atoms with Gasteiger partial charge in [-0.3, -0.25) is 9.88 Å². The van der Waals surface area contributed by atoms with Crippen LogP contribution in [-0.4, -0.2) is 29.6 Å². The van der Waals surface area contributed by atoms with E-state index >= 15 is 0 Å². The van der Waals surface area contributed by atoms with E-state index in [0.29, 0.717) is 0 Å². The Balaban J connectivity index is 1.94. The lowest BCUT2D eigenvalue weighted by molar-refractivity contribution is 0.327. The van der Waals surface area contributed by atoms with Crippen molar-refractivity contribution in [3.63, 3.8) is 0 Å². The van der Waals surface area contributed by atoms with Crippen molar-refractivity contribution in [2.75, 3.05) is 19.8 Å². The molecule has 12 heavy (non-hydrogen) atoms. The molecule has 64 valence electrons. The highest BCUT2D eigenvalue weighted by atomic mass is 15.3. The molecule has 1 aromatic rings. The van der Waals surface area contributed by atoms with Crippen LogP contribution < -0.4 is 5.32 Å². The van der Waals surface area contributed by atoms with E-state index < -0.39 is 0 Å². The van der Waals surface area contributed by atoms with E-state index in [4.69, 9.17) is 0 Å². The fourth-order valence-corrected chi connectivity index (χ4v) is 1.43. The molecular weight excluding hydrogens is 150 g/mol. The quantitative estimate of drug-likeness (QED) is 0.686. The molecule has 0 aromatic carbocycles. The summed E-state index contributed by atoms with van der Waals surface area (Å²) in [6.07, 6.45) is 3.69. The zero-order chi connectivity index (χ0) is 8.23. The van der Waals surface area contributed by atoms with E-state index in [9.17, 15) is 0 Å². The first-order valence-corrected chi connectivity index (χ1v) is 4.27. The molecule has 3 nitrogen and oxygen atoms in total. The number of hydrogen-bond acceptors (Lipinski definition) is 3. The zero-order valence-electron chi connectivity index (χ0n) is 7.03. The molecule has 1 aliphatic heterocycles. The van der Waals surface area contributed by atoms with Crippen LogP contribution in [0.4, 0.5) is 0 Å². The summed E-state index contributed by atoms with van der Waals surface area (Å²) >= 11 is 0. The normalized spacial score (nSPS) is 18.3. The Labute approximate surface area is 72.4 Å². The van der Waals surface area contributed by atoms with Gasteiger partial charge in [0, 0.05) is 38.7 Å². The molecule has 1 N–H and O–H groups in total. The second-order valence-corrected chi connectivity index (χ2v) is 3.07. The molecule has 0 radical (unpaired) electrons. The van der Waals surface area contributed by atoms with Gasteiger partial charge in [-0.1, -0.05) is 0 Å². The molecule has 1 aromatic heterocycles. The van der Waals surface area contributed by atoms with Crippen LogP contribution in [0.1, 0.15) is 5.56 Å². The lowest BCUT2D eigenvalue weighted by Gasteiger charge is -2.12. The highest BCUT2D eigenvalue weighted by Crippen LogP contribution is 2.03. The molecule has 0 unspecified atom stereocenters. The minimum Gasteiger partial charge on any atom is -0.303 e. The first kappa shape index (κ1) is 7.71. The van der Waals surface area contributed by atoms with Crippen molar-refractivity contribution in [3.8, 4) is 0 Å². The molecular formula is C9H13N3. The van der Waals surface area contributed by atoms with Crippen LogP contribution in [-0.2, 0) is 6.54 Å². The fourth-order valence-electron chi connectivity index (χ4n) is 1.43. The zero-order valence-corrected chi connectivity index (χ0v) is 7.03. The third kappa shape index (κ3) is 1.81. The second kappa shape index (κ2) is 3.65. The molecule has 0 saturated carbocycles. The highest BCUT2D eigenvalue weighted by molar-refractivity contribution is 5.09. The van der Waals surface area contributed by atoms with Crippen molar-refractivity contribution in [2.45, 2.75) is 6.54 Å². The molecule has 1 aliphatic rings. The summed E-state index contributed by atoms with van der Waals surface area (Å²) in [6.45, 7) is 4.32. The van der Waals surface area contributed by atoms with Gasteiger partial charge in [0.1, 0.15) is 0 Å². The van der Waals surface area contributed by atoms with Crippen molar-refractivity contribution in [1.82, 2.24) is 15.2 Å². The van der Waals surface area contributed by atoms with Crippen LogP contribution in [0.15, 0.2) is 24.5 Å². The maximum absolute atomic E-state index is 3.99. The first-order valence-electron chi connectivity index (χ1n) is 4.27. The molecule has 3 heteroatoms. The van der Waals surface area contributed by atoms with Crippen molar-refractivity contribution in [1.29, 1.82) is 0 Å². The molecule has 2 rings (SSSR count). The van der Waals surface area contributed by atoms with Gasteiger partial charge in [0.2, 0.25) is 0 Å². The lowest BCUT2D eigenvalue weighted by Crippen LogP contribution is -2.21. The number of nitrogens with zero attached hydrogens (tertiary/aromatic N) is 2. The van der Waals surface area contributed by atoms with E-state index in [2.05, 4.69) is 27.3 Å². The van der Waals surface area contributed by atoms with E-state index in [0.717, 1.165) is 26.3 Å². The van der Waals surface area contributed by atoms with Crippen LogP contribution in [0.2, 0.25) is 0 Å². The molecule has 0 aliphatic carbocycles. The van der Waals surface area contributed by atoms with Gasteiger partial charge in [-0.05, 0) is 17.7 Å². The standard InChI is InChI=1S/C9H13N3/c1-3-10-4-2-9(1)7-12-6-5-11-8-12/h1-4,11H,5-8H2. The van der Waals surface area contributed by atoms with Crippen LogP contribution >= 0.6 is 0 Å². The van der Waals surface area contributed by atoms with Gasteiger partial charge in [-0.15, -0.1) is 0 Å². The Morgan fingerprint density at radius 3 is 2.92 bits per heavy atom. The van der Waals surface area contributed by atoms with Gasteiger partial charge < -0.3 is 5.32 Å². The predicted molar refractivity (Wildman–Crippen MR) is 47.5 cm³/mol. The number of aromatic nitrogens is 1. The van der Waals surface area contributed by atoms with Gasteiger partial charge in [-0.2, -0.15) is 0 Å². The van der Waals surface area contributed by atoms with Gasteiger partial charge in [0.05, 0.1) is 0 Å². The van der Waals surface area contributed by atoms with E-state index in [-0.39, 0.29) is 0 Å². The summed E-state index contributed by atoms with van der Waals surface area (Å²) in [5, 5.41) is 3.30. The Morgan fingerprint density at radius 2 is 2.25 bits per heavy atom. The molecule has 0 amide bonds. The maximum atomic E-state index is 3.99. The summed E-state index contributed by atoms with van der Waals surface area (Å²) in [4.78, 5) is 6.37. The average molecular weight is 163 g/mol. The van der Waals surface area contributed by atoms with Crippen molar-refractivity contribution >= 4 is 0 Å². The third-order valence-corrected chi connectivity index (χ3v) is 2.10. The van der Waals surface area contributed by atoms with Crippen LogP contribution in [0.25, 0.3) is 0 Å². The molecule has 1 fully saturated rings. The number of hydrogen-bond donors (Lipinski definition) is 1. The van der Waals surface area contributed by atoms with E-state index in [1.54, 1.807) is 0 Å². The Hall–Kier alpha value is -0.930. The van der Waals surface area contributed by atoms with Crippen LogP contribution in [0.5, 0.6) is 0 Å². The second-order valence-electron chi connectivity index (χ2n) is 3.07. The topological polar surface area (TPSA) is 28.2 Å². The molecule has 0 atom stereocenters. The molecule has 1 saturated heterocycles. The molecule has 2 heterocycles. The van der Waals surface area contributed by atoms with Crippen LogP contribution in [0, 0.1) is 0 Å². The SMILES string of the molecule is c1cc(CN2CCNC2)ccn1. The number of rotatable bonds is 2. The van der Waals surface area contributed by atoms with Crippen molar-refractivity contribution < 1.29 is 0 Å². The van der Waals surface area contributed by atoms with Crippen LogP contribution in [0.3, 0.4) is 0 Å². The lowest BCUT2D eigenvalue weighted by atomic mass is 10.2. The van der Waals surface area contributed by atoms with Gasteiger partial charge in [-0.25, -0.2) is 0 Å². The number of nitrogens with one attached hydrogen (secondary N) is 1. The van der Waals surface area contributed by atoms with Gasteiger partial charge in [0.15, 0.2) is 0 Å². The average Bonchev–Trinajstić information content (AvgIpc) is 2.59. The summed E-state index contributed by atoms with van der Waals surface area (Å²) in [5.74, 6) is 0. The fraction of sp³-hybridized carbons (Fsp3) is 0.444. The minimum absolute atomic E-state index is 1.02. The van der Waals surface area contributed by atoms with Gasteiger partial charge in [0.25, 0.3) is 0 Å². The minimum atomic E-state index is 1.02. The highest BCUT2D eigenvalue weighted by Gasteiger charge is 2.09. The number of pyridine rings is 1. The largest absolute Gasteiger partial charge is 0.303 e. The Kier molecular flexibility index (Phi) is 2.34. The Morgan fingerprint density at radius 1 is 1.42 bits per heavy atom. The predicted octanol–water partition coefficient (Wildman–Crippen LogP) is 0.444. The Bertz CT molecular complexity index is 229. The van der Waals surface area contributed by atoms with Crippen molar-refractivity contribution in [2.24, 2.45) is 0 Å².